The average Bonchev–Trinajstić information content (AvgIpc) is 2.12. The number of nitrogens with one attached hydrogen (secondary N) is 1. The van der Waals surface area contributed by atoms with Crippen molar-refractivity contribution in [2.75, 3.05) is 0 Å². The smallest absolute Gasteiger partial charge is 0.303 e. The molecule has 0 fully saturated rings. The Bertz CT molecular complexity index is 255. The highest BCUT2D eigenvalue weighted by Gasteiger charge is 2.06. The van der Waals surface area contributed by atoms with Gasteiger partial charge in [0, 0.05) is 25.3 Å². The van der Waals surface area contributed by atoms with Crippen molar-refractivity contribution in [1.82, 2.24) is 5.32 Å². The Balaban J connectivity index is 3.50. The first-order valence-electron chi connectivity index (χ1n) is 5.01. The molecule has 0 aliphatic heterocycles. The highest BCUT2D eigenvalue weighted by molar-refractivity contribution is 5.76. The lowest BCUT2D eigenvalue weighted by Gasteiger charge is -2.10. The molecule has 0 heterocycles. The third kappa shape index (κ3) is 8.82. The predicted molar refractivity (Wildman–Crippen MR) is 57.2 cm³/mol. The molecule has 0 saturated heterocycles. The second-order valence-electron chi connectivity index (χ2n) is 3.48. The van der Waals surface area contributed by atoms with E-state index < -0.39 is 5.97 Å². The van der Waals surface area contributed by atoms with Gasteiger partial charge in [0.25, 0.3) is 0 Å². The topological polar surface area (TPSA) is 66.4 Å². The number of terminal acetylenes is 1. The van der Waals surface area contributed by atoms with Gasteiger partial charge in [0.1, 0.15) is 0 Å². The standard InChI is InChI=1S/C11H17NO3/c1-3-6-9(2)12-10(13)7-4-5-8-11(14)15/h1,9H,4-8H2,2H3,(H,12,13)(H,14,15). The minimum atomic E-state index is -0.823. The van der Waals surface area contributed by atoms with Crippen molar-refractivity contribution >= 4 is 11.9 Å². The van der Waals surface area contributed by atoms with E-state index in [2.05, 4.69) is 11.2 Å². The van der Waals surface area contributed by atoms with Gasteiger partial charge in [0.15, 0.2) is 0 Å². The maximum Gasteiger partial charge on any atom is 0.303 e. The first-order chi connectivity index (χ1) is 7.06. The summed E-state index contributed by atoms with van der Waals surface area (Å²) in [4.78, 5) is 21.4. The zero-order valence-corrected chi connectivity index (χ0v) is 8.95. The van der Waals surface area contributed by atoms with E-state index in [9.17, 15) is 9.59 Å². The molecule has 0 spiro atoms. The van der Waals surface area contributed by atoms with E-state index in [1.54, 1.807) is 0 Å². The predicted octanol–water partition coefficient (Wildman–Crippen LogP) is 1.16. The summed E-state index contributed by atoms with van der Waals surface area (Å²) >= 11 is 0. The van der Waals surface area contributed by atoms with Crippen LogP contribution in [-0.2, 0) is 9.59 Å². The highest BCUT2D eigenvalue weighted by Crippen LogP contribution is 2.00. The Hall–Kier alpha value is -1.50. The number of carbonyl (C=O) groups is 2. The molecule has 4 heteroatoms. The number of carboxylic acids is 1. The Kier molecular flexibility index (Phi) is 7.08. The van der Waals surface area contributed by atoms with Crippen LogP contribution in [0.1, 0.15) is 39.0 Å². The van der Waals surface area contributed by atoms with Crippen molar-refractivity contribution in [3.63, 3.8) is 0 Å². The number of aliphatic carboxylic acids is 1. The summed E-state index contributed by atoms with van der Waals surface area (Å²) in [7, 11) is 0. The Morgan fingerprint density at radius 2 is 2.00 bits per heavy atom. The summed E-state index contributed by atoms with van der Waals surface area (Å²) in [6.07, 6.45) is 7.22. The van der Waals surface area contributed by atoms with Crippen LogP contribution in [0.2, 0.25) is 0 Å². The molecule has 0 rings (SSSR count). The molecular formula is C11H17NO3. The van der Waals surface area contributed by atoms with Crippen LogP contribution in [0.15, 0.2) is 0 Å². The molecular weight excluding hydrogens is 194 g/mol. The normalized spacial score (nSPS) is 11.5. The Morgan fingerprint density at radius 1 is 1.40 bits per heavy atom. The lowest BCUT2D eigenvalue weighted by molar-refractivity contribution is -0.137. The van der Waals surface area contributed by atoms with Gasteiger partial charge in [-0.1, -0.05) is 0 Å². The van der Waals surface area contributed by atoms with E-state index in [0.29, 0.717) is 25.7 Å². The molecule has 2 N–H and O–H groups in total. The Morgan fingerprint density at radius 3 is 2.53 bits per heavy atom. The van der Waals surface area contributed by atoms with Gasteiger partial charge in [-0.25, -0.2) is 0 Å². The molecule has 1 unspecified atom stereocenters. The zero-order valence-electron chi connectivity index (χ0n) is 8.95. The lowest BCUT2D eigenvalue weighted by Crippen LogP contribution is -2.31. The Labute approximate surface area is 90.1 Å². The van der Waals surface area contributed by atoms with Crippen LogP contribution >= 0.6 is 0 Å². The summed E-state index contributed by atoms with van der Waals surface area (Å²) in [5.41, 5.74) is 0. The van der Waals surface area contributed by atoms with Crippen molar-refractivity contribution in [1.29, 1.82) is 0 Å². The molecule has 0 aromatic heterocycles. The van der Waals surface area contributed by atoms with Gasteiger partial charge in [0.2, 0.25) is 5.91 Å². The first kappa shape index (κ1) is 13.5. The van der Waals surface area contributed by atoms with Gasteiger partial charge in [-0.3, -0.25) is 9.59 Å². The minimum absolute atomic E-state index is 0.0121. The molecule has 84 valence electrons. The van der Waals surface area contributed by atoms with Crippen LogP contribution in [0.25, 0.3) is 0 Å². The minimum Gasteiger partial charge on any atom is -0.481 e. The third-order valence-electron chi connectivity index (χ3n) is 1.88. The molecule has 0 aliphatic rings. The highest BCUT2D eigenvalue weighted by atomic mass is 16.4. The fraction of sp³-hybridized carbons (Fsp3) is 0.636. The third-order valence-corrected chi connectivity index (χ3v) is 1.88. The molecule has 0 bridgehead atoms. The maximum atomic E-state index is 11.2. The fourth-order valence-electron chi connectivity index (χ4n) is 1.14. The lowest BCUT2D eigenvalue weighted by atomic mass is 10.1. The second-order valence-corrected chi connectivity index (χ2v) is 3.48. The van der Waals surface area contributed by atoms with Crippen LogP contribution < -0.4 is 5.32 Å². The zero-order chi connectivity index (χ0) is 11.7. The van der Waals surface area contributed by atoms with Gasteiger partial charge in [-0.05, 0) is 19.8 Å². The molecule has 0 radical (unpaired) electrons. The van der Waals surface area contributed by atoms with E-state index in [4.69, 9.17) is 11.5 Å². The van der Waals surface area contributed by atoms with E-state index in [1.807, 2.05) is 6.92 Å². The molecule has 15 heavy (non-hydrogen) atoms. The van der Waals surface area contributed by atoms with Gasteiger partial charge < -0.3 is 10.4 Å². The largest absolute Gasteiger partial charge is 0.481 e. The van der Waals surface area contributed by atoms with Crippen LogP contribution in [-0.4, -0.2) is 23.0 Å². The number of carbonyl (C=O) groups excluding carboxylic acids is 1. The fourth-order valence-corrected chi connectivity index (χ4v) is 1.14. The van der Waals surface area contributed by atoms with Crippen molar-refractivity contribution in [3.8, 4) is 12.3 Å². The molecule has 1 atom stereocenters. The summed E-state index contributed by atoms with van der Waals surface area (Å²) in [5, 5.41) is 11.1. The van der Waals surface area contributed by atoms with Crippen molar-refractivity contribution in [2.24, 2.45) is 0 Å². The molecule has 0 aromatic carbocycles. The van der Waals surface area contributed by atoms with Crippen molar-refractivity contribution in [3.05, 3.63) is 0 Å². The summed E-state index contributed by atoms with van der Waals surface area (Å²) in [6.45, 7) is 1.84. The number of unbranched alkanes of at least 4 members (excludes halogenated alkanes) is 1. The summed E-state index contributed by atoms with van der Waals surface area (Å²) < 4.78 is 0. The van der Waals surface area contributed by atoms with Crippen LogP contribution in [0.3, 0.4) is 0 Å². The van der Waals surface area contributed by atoms with E-state index in [-0.39, 0.29) is 18.4 Å². The number of hydrogen-bond donors (Lipinski definition) is 2. The van der Waals surface area contributed by atoms with Crippen molar-refractivity contribution < 1.29 is 14.7 Å². The molecule has 0 aliphatic carbocycles. The second kappa shape index (κ2) is 7.86. The first-order valence-corrected chi connectivity index (χ1v) is 5.01. The van der Waals surface area contributed by atoms with E-state index >= 15 is 0 Å². The number of rotatable bonds is 7. The number of hydrogen-bond acceptors (Lipinski definition) is 2. The monoisotopic (exact) mass is 211 g/mol. The van der Waals surface area contributed by atoms with Gasteiger partial charge in [-0.15, -0.1) is 12.3 Å². The number of carboxylic acid groups (broad SMARTS) is 1. The van der Waals surface area contributed by atoms with E-state index in [0.717, 1.165) is 0 Å². The van der Waals surface area contributed by atoms with Crippen LogP contribution in [0.5, 0.6) is 0 Å². The molecule has 0 aromatic rings. The van der Waals surface area contributed by atoms with Gasteiger partial charge in [0.05, 0.1) is 0 Å². The van der Waals surface area contributed by atoms with Gasteiger partial charge >= 0.3 is 5.97 Å². The maximum absolute atomic E-state index is 11.2. The molecule has 4 nitrogen and oxygen atoms in total. The molecule has 1 amide bonds. The summed E-state index contributed by atoms with van der Waals surface area (Å²) in [5.74, 6) is 1.57. The van der Waals surface area contributed by atoms with E-state index in [1.165, 1.54) is 0 Å². The summed E-state index contributed by atoms with van der Waals surface area (Å²) in [6, 6.07) is -0.0121. The van der Waals surface area contributed by atoms with Crippen LogP contribution in [0, 0.1) is 12.3 Å². The molecule has 0 saturated carbocycles. The van der Waals surface area contributed by atoms with Crippen molar-refractivity contribution in [2.45, 2.75) is 45.1 Å². The average molecular weight is 211 g/mol. The quantitative estimate of drug-likeness (QED) is 0.490. The van der Waals surface area contributed by atoms with Crippen LogP contribution in [0.4, 0.5) is 0 Å². The van der Waals surface area contributed by atoms with Gasteiger partial charge in [-0.2, -0.15) is 0 Å². The number of amides is 1. The SMILES string of the molecule is C#CCC(C)NC(=O)CCCCC(=O)O.